The fourth-order valence-corrected chi connectivity index (χ4v) is 2.40. The third-order valence-electron chi connectivity index (χ3n) is 3.35. The van der Waals surface area contributed by atoms with Crippen molar-refractivity contribution in [3.05, 3.63) is 29.7 Å². The summed E-state index contributed by atoms with van der Waals surface area (Å²) < 4.78 is 18.4. The largest absolute Gasteiger partial charge is 0.462 e. The molecule has 0 aromatic carbocycles. The number of alkyl halides is 1. The second kappa shape index (κ2) is 4.62. The zero-order valence-electron chi connectivity index (χ0n) is 10.3. The first kappa shape index (κ1) is 12.1. The highest BCUT2D eigenvalue weighted by atomic mass is 19.1. The number of hydrogen-bond acceptors (Lipinski definition) is 4. The number of likely N-dealkylation sites (tertiary alicyclic amines) is 1. The van der Waals surface area contributed by atoms with E-state index in [0.29, 0.717) is 30.6 Å². The van der Waals surface area contributed by atoms with Crippen LogP contribution in [-0.4, -0.2) is 35.1 Å². The van der Waals surface area contributed by atoms with E-state index in [1.807, 2.05) is 11.0 Å². The van der Waals surface area contributed by atoms with Crippen LogP contribution in [0.2, 0.25) is 0 Å². The van der Waals surface area contributed by atoms with Gasteiger partial charge in [-0.15, -0.1) is 0 Å². The van der Waals surface area contributed by atoms with E-state index in [4.69, 9.17) is 10.2 Å². The number of carbonyl (C=O) groups excluding carboxylic acids is 1. The first-order valence-corrected chi connectivity index (χ1v) is 6.16. The van der Waals surface area contributed by atoms with Crippen molar-refractivity contribution in [1.29, 1.82) is 0 Å². The number of hydrogen-bond donors (Lipinski definition) is 1. The van der Waals surface area contributed by atoms with Crippen molar-refractivity contribution in [2.45, 2.75) is 19.1 Å². The monoisotopic (exact) mass is 263 g/mol. The highest BCUT2D eigenvalue weighted by Crippen LogP contribution is 2.21. The molecule has 0 spiro atoms. The number of amides is 1. The number of pyridine rings is 1. The molecule has 2 aromatic heterocycles. The summed E-state index contributed by atoms with van der Waals surface area (Å²) in [7, 11) is 0. The zero-order valence-corrected chi connectivity index (χ0v) is 10.3. The SMILES string of the molecule is NC(=O)c1coc2cc(CN3CC[C@@H](F)C3)cnc12. The van der Waals surface area contributed by atoms with Crippen LogP contribution >= 0.6 is 0 Å². The Morgan fingerprint density at radius 3 is 3.16 bits per heavy atom. The normalized spacial score (nSPS) is 20.2. The van der Waals surface area contributed by atoms with Gasteiger partial charge in [0, 0.05) is 25.8 Å². The number of carbonyl (C=O) groups is 1. The average molecular weight is 263 g/mol. The number of furan rings is 1. The lowest BCUT2D eigenvalue weighted by Crippen LogP contribution is -2.20. The van der Waals surface area contributed by atoms with Crippen LogP contribution in [0.25, 0.3) is 11.1 Å². The summed E-state index contributed by atoms with van der Waals surface area (Å²) in [5.74, 6) is -0.557. The maximum absolute atomic E-state index is 13.1. The molecule has 0 aliphatic carbocycles. The van der Waals surface area contributed by atoms with Crippen LogP contribution in [0.3, 0.4) is 0 Å². The molecule has 1 atom stereocenters. The van der Waals surface area contributed by atoms with Gasteiger partial charge in [0.05, 0.1) is 0 Å². The molecule has 1 saturated heterocycles. The highest BCUT2D eigenvalue weighted by molar-refractivity contribution is 6.03. The molecule has 0 saturated carbocycles. The summed E-state index contributed by atoms with van der Waals surface area (Å²) in [5.41, 5.74) is 7.44. The van der Waals surface area contributed by atoms with Crippen LogP contribution in [0.15, 0.2) is 22.9 Å². The van der Waals surface area contributed by atoms with E-state index in [2.05, 4.69) is 4.98 Å². The number of nitrogens with zero attached hydrogens (tertiary/aromatic N) is 2. The van der Waals surface area contributed by atoms with Gasteiger partial charge in [-0.1, -0.05) is 0 Å². The van der Waals surface area contributed by atoms with Crippen LogP contribution in [0.4, 0.5) is 4.39 Å². The van der Waals surface area contributed by atoms with Crippen LogP contribution < -0.4 is 5.73 Å². The average Bonchev–Trinajstić information content (AvgIpc) is 2.95. The van der Waals surface area contributed by atoms with Crippen molar-refractivity contribution < 1.29 is 13.6 Å². The summed E-state index contributed by atoms with van der Waals surface area (Å²) >= 11 is 0. The van der Waals surface area contributed by atoms with Gasteiger partial charge in [-0.25, -0.2) is 4.39 Å². The van der Waals surface area contributed by atoms with Gasteiger partial charge in [-0.2, -0.15) is 0 Å². The Morgan fingerprint density at radius 2 is 2.47 bits per heavy atom. The highest BCUT2D eigenvalue weighted by Gasteiger charge is 2.22. The van der Waals surface area contributed by atoms with Gasteiger partial charge in [0.1, 0.15) is 23.5 Å². The summed E-state index contributed by atoms with van der Waals surface area (Å²) in [5, 5.41) is 0. The lowest BCUT2D eigenvalue weighted by atomic mass is 10.2. The van der Waals surface area contributed by atoms with Crippen LogP contribution in [0, 0.1) is 0 Å². The number of aromatic nitrogens is 1. The van der Waals surface area contributed by atoms with Crippen LogP contribution in [0.1, 0.15) is 22.3 Å². The van der Waals surface area contributed by atoms with Gasteiger partial charge < -0.3 is 10.2 Å². The number of nitrogens with two attached hydrogens (primary N) is 1. The van der Waals surface area contributed by atoms with Gasteiger partial charge in [-0.3, -0.25) is 14.7 Å². The molecular formula is C13H14FN3O2. The molecule has 5 nitrogen and oxygen atoms in total. The topological polar surface area (TPSA) is 72.4 Å². The Kier molecular flexibility index (Phi) is 2.94. The molecule has 3 rings (SSSR count). The minimum atomic E-state index is -0.734. The molecular weight excluding hydrogens is 249 g/mol. The lowest BCUT2D eigenvalue weighted by molar-refractivity contribution is 0.100. The van der Waals surface area contributed by atoms with Gasteiger partial charge >= 0.3 is 0 Å². The molecule has 1 aliphatic rings. The molecule has 19 heavy (non-hydrogen) atoms. The van der Waals surface area contributed by atoms with Crippen molar-refractivity contribution in [3.63, 3.8) is 0 Å². The molecule has 3 heterocycles. The van der Waals surface area contributed by atoms with E-state index in [-0.39, 0.29) is 5.56 Å². The summed E-state index contributed by atoms with van der Waals surface area (Å²) in [6.45, 7) is 1.85. The molecule has 2 N–H and O–H groups in total. The zero-order chi connectivity index (χ0) is 13.4. The minimum absolute atomic E-state index is 0.284. The predicted octanol–water partition coefficient (Wildman–Crippen LogP) is 1.47. The molecule has 0 radical (unpaired) electrons. The summed E-state index contributed by atoms with van der Waals surface area (Å²) in [4.78, 5) is 17.4. The standard InChI is InChI=1S/C13H14FN3O2/c14-9-1-2-17(6-9)5-8-3-11-12(16-4-8)10(7-19-11)13(15)18/h3-4,7,9H,1-2,5-6H2,(H2,15,18)/t9-/m1/s1. The summed E-state index contributed by atoms with van der Waals surface area (Å²) in [6, 6.07) is 1.82. The Labute approximate surface area is 109 Å². The predicted molar refractivity (Wildman–Crippen MR) is 67.3 cm³/mol. The molecule has 0 unspecified atom stereocenters. The first-order chi connectivity index (χ1) is 9.13. The van der Waals surface area contributed by atoms with Gasteiger partial charge in [0.25, 0.3) is 5.91 Å². The molecule has 1 fully saturated rings. The van der Waals surface area contributed by atoms with Crippen molar-refractivity contribution in [3.8, 4) is 0 Å². The fourth-order valence-electron chi connectivity index (χ4n) is 2.40. The van der Waals surface area contributed by atoms with Crippen molar-refractivity contribution >= 4 is 17.0 Å². The Morgan fingerprint density at radius 1 is 1.63 bits per heavy atom. The van der Waals surface area contributed by atoms with Crippen LogP contribution in [-0.2, 0) is 6.54 Å². The van der Waals surface area contributed by atoms with Gasteiger partial charge in [0.15, 0.2) is 5.58 Å². The molecule has 0 bridgehead atoms. The van der Waals surface area contributed by atoms with E-state index in [9.17, 15) is 9.18 Å². The Balaban J connectivity index is 1.84. The Bertz CT molecular complexity index is 625. The third-order valence-corrected chi connectivity index (χ3v) is 3.35. The Hall–Kier alpha value is -1.95. The van der Waals surface area contributed by atoms with E-state index < -0.39 is 12.1 Å². The number of rotatable bonds is 3. The van der Waals surface area contributed by atoms with Crippen molar-refractivity contribution in [2.75, 3.05) is 13.1 Å². The first-order valence-electron chi connectivity index (χ1n) is 6.16. The van der Waals surface area contributed by atoms with E-state index >= 15 is 0 Å². The maximum Gasteiger partial charge on any atom is 0.254 e. The van der Waals surface area contributed by atoms with Crippen molar-refractivity contribution in [1.82, 2.24) is 9.88 Å². The lowest BCUT2D eigenvalue weighted by Gasteiger charge is -2.13. The van der Waals surface area contributed by atoms with E-state index in [1.165, 1.54) is 6.26 Å². The van der Waals surface area contributed by atoms with E-state index in [0.717, 1.165) is 12.1 Å². The maximum atomic E-state index is 13.1. The second-order valence-corrected chi connectivity index (χ2v) is 4.83. The summed E-state index contributed by atoms with van der Waals surface area (Å²) in [6.07, 6.45) is 2.84. The second-order valence-electron chi connectivity index (χ2n) is 4.83. The van der Waals surface area contributed by atoms with E-state index in [1.54, 1.807) is 6.20 Å². The quantitative estimate of drug-likeness (QED) is 0.910. The smallest absolute Gasteiger partial charge is 0.254 e. The molecule has 2 aromatic rings. The van der Waals surface area contributed by atoms with Crippen molar-refractivity contribution in [2.24, 2.45) is 5.73 Å². The molecule has 1 aliphatic heterocycles. The number of fused-ring (bicyclic) bond motifs is 1. The molecule has 100 valence electrons. The molecule has 1 amide bonds. The number of halogens is 1. The fraction of sp³-hybridized carbons (Fsp3) is 0.385. The minimum Gasteiger partial charge on any atom is -0.462 e. The number of primary amides is 1. The van der Waals surface area contributed by atoms with Crippen LogP contribution in [0.5, 0.6) is 0 Å². The molecule has 6 heteroatoms. The van der Waals surface area contributed by atoms with Gasteiger partial charge in [0.2, 0.25) is 0 Å². The van der Waals surface area contributed by atoms with Gasteiger partial charge in [-0.05, 0) is 18.1 Å². The third kappa shape index (κ3) is 2.31.